The molecule has 3 aliphatic heterocycles. The number of benzene rings is 5. The third-order valence-electron chi connectivity index (χ3n) is 14.2. The normalized spacial score (nSPS) is 17.5. The first kappa shape index (κ1) is 63.8. The van der Waals surface area contributed by atoms with E-state index in [1.165, 1.54) is 108 Å². The van der Waals surface area contributed by atoms with Crippen LogP contribution in [0, 0.1) is 29.6 Å². The molecule has 5 aromatic carbocycles. The van der Waals surface area contributed by atoms with E-state index in [1.807, 2.05) is 0 Å². The van der Waals surface area contributed by atoms with E-state index in [9.17, 15) is 0 Å². The highest BCUT2D eigenvalue weighted by Gasteiger charge is 2.23. The van der Waals surface area contributed by atoms with Crippen molar-refractivity contribution in [1.29, 1.82) is 0 Å². The summed E-state index contributed by atoms with van der Waals surface area (Å²) in [5, 5.41) is 13.6. The van der Waals surface area contributed by atoms with Gasteiger partial charge in [0.2, 0.25) is 0 Å². The molecule has 430 valence electrons. The van der Waals surface area contributed by atoms with Gasteiger partial charge in [0.1, 0.15) is 0 Å². The summed E-state index contributed by atoms with van der Waals surface area (Å²) in [6.07, 6.45) is 10.5. The Morgan fingerprint density at radius 3 is 1.09 bits per heavy atom. The molecule has 8 heteroatoms. The average molecular weight is 1060 g/mol. The Morgan fingerprint density at radius 2 is 0.744 bits per heavy atom. The lowest BCUT2D eigenvalue weighted by molar-refractivity contribution is -0.00522. The fourth-order valence-electron chi connectivity index (χ4n) is 10.5. The molecule has 4 fully saturated rings. The van der Waals surface area contributed by atoms with Gasteiger partial charge in [-0.25, -0.2) is 0 Å². The average Bonchev–Trinajstić information content (AvgIpc) is 4.27. The minimum absolute atomic E-state index is 0.323. The second-order valence-corrected chi connectivity index (χ2v) is 24.8. The molecule has 9 rings (SSSR count). The maximum atomic E-state index is 5.77. The predicted molar refractivity (Wildman–Crippen MR) is 343 cm³/mol. The van der Waals surface area contributed by atoms with Crippen molar-refractivity contribution in [2.75, 3.05) is 97.3 Å². The second-order valence-electron chi connectivity index (χ2n) is 24.8. The van der Waals surface area contributed by atoms with Gasteiger partial charge in [-0.15, -0.1) is 0 Å². The standard InChI is InChI=1S/C16H25NO.C15H24N2.C14H22N2.C13H19N.C12H19N/c1-12(2)9-15-5-7-16(8-6-15)17-10-13(3)18-14(4)11-17;1-13(2)12-14-4-6-15(7-5-14)17-10-3-8-16-9-11-17;1-12(2)11-13-3-5-14(6-4-13)16-9-7-15-8-10-16;1-10(2)9-11-3-5-12(6-4-11)14-13-7-8-13;1-4-13-12-7-5-11(6-8-12)9-10(2)3/h5-8,12-14H,9-11H2,1-4H3;4-7,13,16H,3,8-12H2,1-2H3;3-6,12,15H,7-11H2,1-2H3;3-6,10,13-14H,7-9H2,1-2H3;5-8,10,13H,4,9H2,1-3H3. The quantitative estimate of drug-likeness (QED) is 0.0735. The van der Waals surface area contributed by atoms with Crippen LogP contribution in [0.3, 0.4) is 0 Å². The van der Waals surface area contributed by atoms with Gasteiger partial charge in [0.25, 0.3) is 0 Å². The highest BCUT2D eigenvalue weighted by molar-refractivity contribution is 5.51. The molecule has 2 atom stereocenters. The number of hydrogen-bond acceptors (Lipinski definition) is 8. The first-order valence-electron chi connectivity index (χ1n) is 30.8. The van der Waals surface area contributed by atoms with Crippen LogP contribution in [0.1, 0.15) is 137 Å². The lowest BCUT2D eigenvalue weighted by atomic mass is 10.0. The van der Waals surface area contributed by atoms with Crippen LogP contribution in [0.15, 0.2) is 121 Å². The summed E-state index contributed by atoms with van der Waals surface area (Å²) < 4.78 is 5.77. The van der Waals surface area contributed by atoms with E-state index in [1.54, 1.807) is 0 Å². The number of piperazine rings is 1. The van der Waals surface area contributed by atoms with Crippen LogP contribution in [-0.4, -0.2) is 90.2 Å². The molecule has 1 saturated carbocycles. The van der Waals surface area contributed by atoms with E-state index < -0.39 is 0 Å². The molecule has 4 aliphatic rings. The zero-order valence-electron chi connectivity index (χ0n) is 51.4. The summed E-state index contributed by atoms with van der Waals surface area (Å²) in [6.45, 7) is 41.0. The fraction of sp³-hybridized carbons (Fsp3) is 0.571. The van der Waals surface area contributed by atoms with E-state index in [4.69, 9.17) is 4.74 Å². The molecule has 4 N–H and O–H groups in total. The number of nitrogens with zero attached hydrogens (tertiary/aromatic N) is 3. The zero-order chi connectivity index (χ0) is 56.2. The lowest BCUT2D eigenvalue weighted by Gasteiger charge is -2.36. The molecule has 78 heavy (non-hydrogen) atoms. The van der Waals surface area contributed by atoms with E-state index >= 15 is 0 Å². The molecular formula is C70H109N7O. The molecule has 2 unspecified atom stereocenters. The molecule has 0 bridgehead atoms. The van der Waals surface area contributed by atoms with Gasteiger partial charge >= 0.3 is 0 Å². The van der Waals surface area contributed by atoms with Gasteiger partial charge in [0.15, 0.2) is 0 Å². The van der Waals surface area contributed by atoms with Gasteiger partial charge in [0.05, 0.1) is 12.2 Å². The first-order chi connectivity index (χ1) is 37.5. The van der Waals surface area contributed by atoms with Crippen LogP contribution in [-0.2, 0) is 36.8 Å². The maximum absolute atomic E-state index is 5.77. The van der Waals surface area contributed by atoms with Crippen molar-refractivity contribution >= 4 is 28.4 Å². The van der Waals surface area contributed by atoms with Gasteiger partial charge in [-0.05, 0) is 197 Å². The van der Waals surface area contributed by atoms with Crippen LogP contribution in [0.4, 0.5) is 28.4 Å². The third kappa shape index (κ3) is 25.8. The first-order valence-corrected chi connectivity index (χ1v) is 30.8. The van der Waals surface area contributed by atoms with Gasteiger partial charge in [-0.2, -0.15) is 0 Å². The van der Waals surface area contributed by atoms with Gasteiger partial charge in [-0.1, -0.05) is 130 Å². The number of anilines is 5. The SMILES string of the molecule is CC(C)Cc1ccc(N2CC(C)OC(C)C2)cc1.CC(C)Cc1ccc(N2CCCNCC2)cc1.CC(C)Cc1ccc(N2CCNCC2)cc1.CC(C)Cc1ccc(NC2CC2)cc1.CCNc1ccc(CC(C)C)cc1. The van der Waals surface area contributed by atoms with Crippen LogP contribution in [0.25, 0.3) is 0 Å². The Labute approximate surface area is 477 Å². The summed E-state index contributed by atoms with van der Waals surface area (Å²) in [7, 11) is 0. The summed E-state index contributed by atoms with van der Waals surface area (Å²) >= 11 is 0. The summed E-state index contributed by atoms with van der Waals surface area (Å²) in [5.74, 6) is 3.69. The van der Waals surface area contributed by atoms with Crippen LogP contribution < -0.4 is 36.0 Å². The van der Waals surface area contributed by atoms with Crippen molar-refractivity contribution in [2.45, 2.75) is 160 Å². The third-order valence-corrected chi connectivity index (χ3v) is 14.2. The number of nitrogens with one attached hydrogen (secondary N) is 4. The Bertz CT molecular complexity index is 2260. The van der Waals surface area contributed by atoms with Crippen molar-refractivity contribution < 1.29 is 4.74 Å². The number of ether oxygens (including phenoxy) is 1. The second kappa shape index (κ2) is 34.9. The topological polar surface area (TPSA) is 67.1 Å². The molecular weight excluding hydrogens is 955 g/mol. The zero-order valence-corrected chi connectivity index (χ0v) is 51.4. The minimum Gasteiger partial charge on any atom is -0.385 e. The Morgan fingerprint density at radius 1 is 0.423 bits per heavy atom. The Kier molecular flexibility index (Phi) is 28.5. The molecule has 8 nitrogen and oxygen atoms in total. The lowest BCUT2D eigenvalue weighted by Crippen LogP contribution is -2.45. The van der Waals surface area contributed by atoms with Crippen LogP contribution in [0.5, 0.6) is 0 Å². The van der Waals surface area contributed by atoms with Crippen molar-refractivity contribution in [3.8, 4) is 0 Å². The van der Waals surface area contributed by atoms with Gasteiger partial charge in [-0.3, -0.25) is 0 Å². The Hall–Kier alpha value is -5.02. The molecule has 3 heterocycles. The highest BCUT2D eigenvalue weighted by Crippen LogP contribution is 2.26. The van der Waals surface area contributed by atoms with E-state index in [0.29, 0.717) is 12.2 Å². The number of morpholine rings is 1. The summed E-state index contributed by atoms with van der Waals surface area (Å²) in [6, 6.07) is 45.6. The maximum Gasteiger partial charge on any atom is 0.0726 e. The van der Waals surface area contributed by atoms with E-state index in [0.717, 1.165) is 107 Å². The Balaban J connectivity index is 0.000000180. The molecule has 0 spiro atoms. The van der Waals surface area contributed by atoms with E-state index in [-0.39, 0.29) is 0 Å². The molecule has 0 amide bonds. The molecule has 5 aromatic rings. The minimum atomic E-state index is 0.323. The molecule has 1 aliphatic carbocycles. The van der Waals surface area contributed by atoms with Crippen molar-refractivity contribution in [1.82, 2.24) is 10.6 Å². The van der Waals surface area contributed by atoms with Gasteiger partial charge in [0, 0.05) is 99.9 Å². The van der Waals surface area contributed by atoms with Crippen LogP contribution in [0.2, 0.25) is 0 Å². The molecule has 0 aromatic heterocycles. The predicted octanol–water partition coefficient (Wildman–Crippen LogP) is 15.3. The summed E-state index contributed by atoms with van der Waals surface area (Å²) in [4.78, 5) is 7.37. The fourth-order valence-corrected chi connectivity index (χ4v) is 10.5. The number of hydrogen-bond donors (Lipinski definition) is 4. The smallest absolute Gasteiger partial charge is 0.0726 e. The largest absolute Gasteiger partial charge is 0.385 e. The van der Waals surface area contributed by atoms with Crippen LogP contribution >= 0.6 is 0 Å². The van der Waals surface area contributed by atoms with Crippen molar-refractivity contribution in [3.63, 3.8) is 0 Å². The summed E-state index contributed by atoms with van der Waals surface area (Å²) in [5.41, 5.74) is 13.8. The molecule has 0 radical (unpaired) electrons. The van der Waals surface area contributed by atoms with Crippen molar-refractivity contribution in [2.24, 2.45) is 29.6 Å². The monoisotopic (exact) mass is 1060 g/mol. The van der Waals surface area contributed by atoms with E-state index in [2.05, 4.69) is 247 Å². The van der Waals surface area contributed by atoms with Crippen molar-refractivity contribution in [3.05, 3.63) is 149 Å². The molecule has 3 saturated heterocycles. The van der Waals surface area contributed by atoms with Gasteiger partial charge < -0.3 is 40.7 Å². The number of rotatable bonds is 17. The highest BCUT2D eigenvalue weighted by atomic mass is 16.5.